The van der Waals surface area contributed by atoms with Crippen LogP contribution in [0.3, 0.4) is 0 Å². The van der Waals surface area contributed by atoms with Gasteiger partial charge < -0.3 is 14.2 Å². The highest BCUT2D eigenvalue weighted by atomic mass is 19.1. The molecular formula is C13H13FN2O3. The van der Waals surface area contributed by atoms with E-state index in [2.05, 4.69) is 9.97 Å². The topological polar surface area (TPSA) is 53.5 Å². The number of ether oxygens (including phenoxy) is 3. The van der Waals surface area contributed by atoms with Gasteiger partial charge in [0.15, 0.2) is 23.1 Å². The summed E-state index contributed by atoms with van der Waals surface area (Å²) in [7, 11) is 4.55. The summed E-state index contributed by atoms with van der Waals surface area (Å²) >= 11 is 0. The van der Waals surface area contributed by atoms with Crippen molar-refractivity contribution < 1.29 is 18.6 Å². The molecule has 0 aliphatic carbocycles. The maximum atomic E-state index is 12.8. The van der Waals surface area contributed by atoms with Gasteiger partial charge in [0, 0.05) is 0 Å². The van der Waals surface area contributed by atoms with Crippen LogP contribution in [0.2, 0.25) is 0 Å². The van der Waals surface area contributed by atoms with Gasteiger partial charge in [0.1, 0.15) is 0 Å². The molecule has 0 radical (unpaired) electrons. The molecule has 0 N–H and O–H groups in total. The first-order valence-corrected chi connectivity index (χ1v) is 5.48. The number of methoxy groups -OCH3 is 3. The van der Waals surface area contributed by atoms with Crippen molar-refractivity contribution in [3.63, 3.8) is 0 Å². The van der Waals surface area contributed by atoms with Gasteiger partial charge in [-0.15, -0.1) is 0 Å². The Morgan fingerprint density at radius 1 is 0.895 bits per heavy atom. The van der Waals surface area contributed by atoms with E-state index in [1.54, 1.807) is 12.1 Å². The molecule has 0 saturated heterocycles. The third-order valence-corrected chi connectivity index (χ3v) is 2.57. The summed E-state index contributed by atoms with van der Waals surface area (Å²) in [4.78, 5) is 7.85. The van der Waals surface area contributed by atoms with Gasteiger partial charge in [-0.25, -0.2) is 14.4 Å². The Bertz CT molecular complexity index is 573. The highest BCUT2D eigenvalue weighted by molar-refractivity contribution is 5.72. The van der Waals surface area contributed by atoms with Crippen molar-refractivity contribution in [1.82, 2.24) is 9.97 Å². The minimum absolute atomic E-state index is 0.346. The van der Waals surface area contributed by atoms with Crippen molar-refractivity contribution in [3.05, 3.63) is 30.3 Å². The molecule has 5 nitrogen and oxygen atoms in total. The van der Waals surface area contributed by atoms with Crippen molar-refractivity contribution in [1.29, 1.82) is 0 Å². The first-order chi connectivity index (χ1) is 9.21. The molecule has 2 aromatic rings. The predicted octanol–water partition coefficient (Wildman–Crippen LogP) is 2.31. The van der Waals surface area contributed by atoms with E-state index in [0.717, 1.165) is 12.4 Å². The molecule has 0 amide bonds. The SMILES string of the molecule is COc1ccc(-c2ncc(F)cn2)c(OC)c1OC. The lowest BCUT2D eigenvalue weighted by Crippen LogP contribution is -1.98. The zero-order chi connectivity index (χ0) is 13.8. The van der Waals surface area contributed by atoms with Crippen LogP contribution < -0.4 is 14.2 Å². The molecule has 0 aliphatic rings. The first-order valence-electron chi connectivity index (χ1n) is 5.48. The summed E-state index contributed by atoms with van der Waals surface area (Å²) in [5, 5.41) is 0. The number of benzene rings is 1. The summed E-state index contributed by atoms with van der Waals surface area (Å²) in [6.45, 7) is 0. The fourth-order valence-electron chi connectivity index (χ4n) is 1.73. The number of hydrogen-bond acceptors (Lipinski definition) is 5. The van der Waals surface area contributed by atoms with Crippen LogP contribution in [0.5, 0.6) is 17.2 Å². The molecule has 0 spiro atoms. The molecular weight excluding hydrogens is 251 g/mol. The second kappa shape index (κ2) is 5.51. The Morgan fingerprint density at radius 2 is 1.53 bits per heavy atom. The maximum Gasteiger partial charge on any atom is 0.204 e. The fourth-order valence-corrected chi connectivity index (χ4v) is 1.73. The molecule has 0 saturated carbocycles. The van der Waals surface area contributed by atoms with Gasteiger partial charge >= 0.3 is 0 Å². The summed E-state index contributed by atoms with van der Waals surface area (Å²) < 4.78 is 28.6. The summed E-state index contributed by atoms with van der Waals surface area (Å²) in [5.74, 6) is 1.26. The lowest BCUT2D eigenvalue weighted by molar-refractivity contribution is 0.325. The molecule has 0 bridgehead atoms. The molecule has 1 aromatic heterocycles. The van der Waals surface area contributed by atoms with E-state index < -0.39 is 5.82 Å². The van der Waals surface area contributed by atoms with Gasteiger partial charge in [0.25, 0.3) is 0 Å². The predicted molar refractivity (Wildman–Crippen MR) is 67.1 cm³/mol. The third kappa shape index (κ3) is 2.42. The van der Waals surface area contributed by atoms with Gasteiger partial charge in [-0.3, -0.25) is 0 Å². The van der Waals surface area contributed by atoms with Crippen LogP contribution in [0, 0.1) is 5.82 Å². The van der Waals surface area contributed by atoms with Crippen molar-refractivity contribution in [2.45, 2.75) is 0 Å². The van der Waals surface area contributed by atoms with Crippen molar-refractivity contribution in [2.24, 2.45) is 0 Å². The van der Waals surface area contributed by atoms with E-state index in [1.165, 1.54) is 21.3 Å². The van der Waals surface area contributed by atoms with Crippen molar-refractivity contribution in [2.75, 3.05) is 21.3 Å². The Labute approximate surface area is 110 Å². The van der Waals surface area contributed by atoms with Crippen LogP contribution >= 0.6 is 0 Å². The summed E-state index contributed by atoms with van der Waals surface area (Å²) in [5.41, 5.74) is 0.597. The lowest BCUT2D eigenvalue weighted by Gasteiger charge is -2.14. The highest BCUT2D eigenvalue weighted by Gasteiger charge is 2.18. The van der Waals surface area contributed by atoms with Gasteiger partial charge in [-0.2, -0.15) is 0 Å². The van der Waals surface area contributed by atoms with Gasteiger partial charge in [-0.1, -0.05) is 0 Å². The van der Waals surface area contributed by atoms with Crippen LogP contribution in [-0.2, 0) is 0 Å². The minimum Gasteiger partial charge on any atom is -0.493 e. The Kier molecular flexibility index (Phi) is 3.79. The average Bonchev–Trinajstić information content (AvgIpc) is 2.46. The normalized spacial score (nSPS) is 10.1. The van der Waals surface area contributed by atoms with Crippen molar-refractivity contribution in [3.8, 4) is 28.6 Å². The van der Waals surface area contributed by atoms with Gasteiger partial charge in [0.2, 0.25) is 5.75 Å². The number of halogens is 1. The number of aromatic nitrogens is 2. The summed E-state index contributed by atoms with van der Waals surface area (Å²) in [6.07, 6.45) is 2.19. The zero-order valence-electron chi connectivity index (χ0n) is 10.8. The number of nitrogens with zero attached hydrogens (tertiary/aromatic N) is 2. The molecule has 0 fully saturated rings. The molecule has 2 rings (SSSR count). The first kappa shape index (κ1) is 13.1. The molecule has 0 aliphatic heterocycles. The van der Waals surface area contributed by atoms with E-state index in [9.17, 15) is 4.39 Å². The van der Waals surface area contributed by atoms with Crippen molar-refractivity contribution >= 4 is 0 Å². The highest BCUT2D eigenvalue weighted by Crippen LogP contribution is 2.43. The molecule has 100 valence electrons. The number of rotatable bonds is 4. The quantitative estimate of drug-likeness (QED) is 0.848. The average molecular weight is 264 g/mol. The Morgan fingerprint density at radius 3 is 2.05 bits per heavy atom. The molecule has 6 heteroatoms. The smallest absolute Gasteiger partial charge is 0.204 e. The van der Waals surface area contributed by atoms with Gasteiger partial charge in [0.05, 0.1) is 39.3 Å². The fraction of sp³-hybridized carbons (Fsp3) is 0.231. The van der Waals surface area contributed by atoms with E-state index in [0.29, 0.717) is 28.6 Å². The zero-order valence-corrected chi connectivity index (χ0v) is 10.8. The van der Waals surface area contributed by atoms with Crippen LogP contribution in [0.15, 0.2) is 24.5 Å². The molecule has 0 atom stereocenters. The standard InChI is InChI=1S/C13H13FN2O3/c1-17-10-5-4-9(11(18-2)12(10)19-3)13-15-6-8(14)7-16-13/h4-7H,1-3H3. The van der Waals surface area contributed by atoms with Crippen LogP contribution in [0.4, 0.5) is 4.39 Å². The van der Waals surface area contributed by atoms with E-state index in [4.69, 9.17) is 14.2 Å². The number of hydrogen-bond donors (Lipinski definition) is 0. The largest absolute Gasteiger partial charge is 0.493 e. The van der Waals surface area contributed by atoms with E-state index in [1.807, 2.05) is 0 Å². The molecule has 1 aromatic carbocycles. The maximum absolute atomic E-state index is 12.8. The molecule has 19 heavy (non-hydrogen) atoms. The lowest BCUT2D eigenvalue weighted by atomic mass is 10.1. The second-order valence-corrected chi connectivity index (χ2v) is 3.61. The Balaban J connectivity index is 2.60. The molecule has 1 heterocycles. The monoisotopic (exact) mass is 264 g/mol. The summed E-state index contributed by atoms with van der Waals surface area (Å²) in [6, 6.07) is 3.44. The Hall–Kier alpha value is -2.37. The van der Waals surface area contributed by atoms with Crippen LogP contribution in [0.1, 0.15) is 0 Å². The minimum atomic E-state index is -0.497. The van der Waals surface area contributed by atoms with Gasteiger partial charge in [-0.05, 0) is 12.1 Å². The van der Waals surface area contributed by atoms with Crippen LogP contribution in [0.25, 0.3) is 11.4 Å². The molecule has 0 unspecified atom stereocenters. The van der Waals surface area contributed by atoms with E-state index in [-0.39, 0.29) is 0 Å². The third-order valence-electron chi connectivity index (χ3n) is 2.57. The van der Waals surface area contributed by atoms with Crippen LogP contribution in [-0.4, -0.2) is 31.3 Å². The van der Waals surface area contributed by atoms with E-state index >= 15 is 0 Å². The second-order valence-electron chi connectivity index (χ2n) is 3.61.